The van der Waals surface area contributed by atoms with E-state index in [1.807, 2.05) is 19.1 Å². The van der Waals surface area contributed by atoms with Crippen LogP contribution in [-0.4, -0.2) is 36.7 Å². The number of rotatable bonds is 3. The van der Waals surface area contributed by atoms with Crippen molar-refractivity contribution < 1.29 is 4.74 Å². The Hall–Kier alpha value is -0.640. The minimum Gasteiger partial charge on any atom is -0.361 e. The summed E-state index contributed by atoms with van der Waals surface area (Å²) in [5.41, 5.74) is 6.09. The molecule has 0 aliphatic carbocycles. The Morgan fingerprint density at radius 3 is 3.00 bits per heavy atom. The van der Waals surface area contributed by atoms with E-state index in [1.54, 1.807) is 11.3 Å². The molecule has 18 heavy (non-hydrogen) atoms. The molecule has 2 rings (SSSR count). The summed E-state index contributed by atoms with van der Waals surface area (Å²) in [5, 5.41) is 8.95. The molecule has 4 nitrogen and oxygen atoms in total. The van der Waals surface area contributed by atoms with Gasteiger partial charge in [0.25, 0.3) is 0 Å². The predicted octanol–water partition coefficient (Wildman–Crippen LogP) is 2.01. The van der Waals surface area contributed by atoms with Crippen LogP contribution in [0.4, 0.5) is 0 Å². The lowest BCUT2D eigenvalue weighted by Crippen LogP contribution is -2.48. The first kappa shape index (κ1) is 13.8. The minimum atomic E-state index is -0.365. The molecule has 2 heterocycles. The molecule has 1 saturated heterocycles. The van der Waals surface area contributed by atoms with Crippen molar-refractivity contribution in [2.75, 3.05) is 19.7 Å². The Morgan fingerprint density at radius 2 is 2.44 bits per heavy atom. The SMILES string of the molecule is CC(N)C(c1ccc(Cl)s1)N1CCOC(C#N)C1. The van der Waals surface area contributed by atoms with Crippen LogP contribution in [0.25, 0.3) is 0 Å². The fourth-order valence-electron chi connectivity index (χ4n) is 2.26. The molecule has 0 saturated carbocycles. The van der Waals surface area contributed by atoms with Crippen molar-refractivity contribution in [3.63, 3.8) is 0 Å². The Balaban J connectivity index is 2.18. The highest BCUT2D eigenvalue weighted by atomic mass is 35.5. The lowest BCUT2D eigenvalue weighted by atomic mass is 10.1. The standard InChI is InChI=1S/C12H16ClN3OS/c1-8(15)12(10-2-3-11(13)18-10)16-4-5-17-9(6-14)7-16/h2-3,8-9,12H,4-5,7,15H2,1H3. The largest absolute Gasteiger partial charge is 0.361 e. The second-order valence-electron chi connectivity index (χ2n) is 4.43. The minimum absolute atomic E-state index is 0.0165. The van der Waals surface area contributed by atoms with Gasteiger partial charge in [-0.1, -0.05) is 11.6 Å². The van der Waals surface area contributed by atoms with E-state index in [0.717, 1.165) is 15.8 Å². The highest BCUT2D eigenvalue weighted by Crippen LogP contribution is 2.33. The molecule has 3 atom stereocenters. The van der Waals surface area contributed by atoms with E-state index in [-0.39, 0.29) is 18.2 Å². The van der Waals surface area contributed by atoms with Crippen LogP contribution in [0.15, 0.2) is 12.1 Å². The van der Waals surface area contributed by atoms with Crippen molar-refractivity contribution in [1.82, 2.24) is 4.90 Å². The molecule has 2 N–H and O–H groups in total. The van der Waals surface area contributed by atoms with Crippen molar-refractivity contribution in [2.45, 2.75) is 25.1 Å². The number of hydrogen-bond acceptors (Lipinski definition) is 5. The number of nitrogens with zero attached hydrogens (tertiary/aromatic N) is 2. The summed E-state index contributed by atoms with van der Waals surface area (Å²) < 4.78 is 6.13. The van der Waals surface area contributed by atoms with Gasteiger partial charge in [-0.15, -0.1) is 11.3 Å². The second-order valence-corrected chi connectivity index (χ2v) is 6.18. The van der Waals surface area contributed by atoms with Crippen molar-refractivity contribution in [3.05, 3.63) is 21.3 Å². The number of halogens is 1. The Kier molecular flexibility index (Phi) is 4.60. The monoisotopic (exact) mass is 285 g/mol. The van der Waals surface area contributed by atoms with Crippen molar-refractivity contribution in [3.8, 4) is 6.07 Å². The van der Waals surface area contributed by atoms with Crippen molar-refractivity contribution >= 4 is 22.9 Å². The zero-order valence-electron chi connectivity index (χ0n) is 10.2. The Morgan fingerprint density at radius 1 is 1.67 bits per heavy atom. The molecule has 1 aromatic rings. The fraction of sp³-hybridized carbons (Fsp3) is 0.583. The quantitative estimate of drug-likeness (QED) is 0.923. The number of morpholine rings is 1. The van der Waals surface area contributed by atoms with Crippen LogP contribution in [0.1, 0.15) is 17.8 Å². The van der Waals surface area contributed by atoms with Gasteiger partial charge in [0.05, 0.1) is 23.1 Å². The molecule has 0 radical (unpaired) electrons. The predicted molar refractivity (Wildman–Crippen MR) is 72.6 cm³/mol. The van der Waals surface area contributed by atoms with Gasteiger partial charge in [-0.05, 0) is 19.1 Å². The van der Waals surface area contributed by atoms with Gasteiger partial charge in [0.1, 0.15) is 0 Å². The molecular weight excluding hydrogens is 270 g/mol. The first-order chi connectivity index (χ1) is 8.61. The van der Waals surface area contributed by atoms with Gasteiger partial charge in [0.2, 0.25) is 0 Å². The van der Waals surface area contributed by atoms with E-state index in [1.165, 1.54) is 0 Å². The average molecular weight is 286 g/mol. The van der Waals surface area contributed by atoms with Gasteiger partial charge in [-0.25, -0.2) is 0 Å². The molecule has 1 aliphatic rings. The molecule has 0 spiro atoms. The summed E-state index contributed by atoms with van der Waals surface area (Å²) in [6.07, 6.45) is -0.365. The highest BCUT2D eigenvalue weighted by molar-refractivity contribution is 7.16. The smallest absolute Gasteiger partial charge is 0.156 e. The topological polar surface area (TPSA) is 62.3 Å². The van der Waals surface area contributed by atoms with Crippen LogP contribution >= 0.6 is 22.9 Å². The van der Waals surface area contributed by atoms with E-state index in [2.05, 4.69) is 11.0 Å². The maximum Gasteiger partial charge on any atom is 0.156 e. The molecular formula is C12H16ClN3OS. The van der Waals surface area contributed by atoms with E-state index in [0.29, 0.717) is 13.2 Å². The summed E-state index contributed by atoms with van der Waals surface area (Å²) in [6, 6.07) is 6.14. The molecule has 98 valence electrons. The number of thiophene rings is 1. The molecule has 0 amide bonds. The number of nitrogens with two attached hydrogens (primary N) is 1. The van der Waals surface area contributed by atoms with Gasteiger partial charge in [-0.2, -0.15) is 5.26 Å². The molecule has 1 aliphatic heterocycles. The number of ether oxygens (including phenoxy) is 1. The van der Waals surface area contributed by atoms with Crippen LogP contribution in [0.3, 0.4) is 0 Å². The highest BCUT2D eigenvalue weighted by Gasteiger charge is 2.30. The molecule has 3 unspecified atom stereocenters. The molecule has 1 fully saturated rings. The van der Waals surface area contributed by atoms with Crippen molar-refractivity contribution in [1.29, 1.82) is 5.26 Å². The second kappa shape index (κ2) is 6.00. The summed E-state index contributed by atoms with van der Waals surface area (Å²) in [5.74, 6) is 0. The maximum absolute atomic E-state index is 8.95. The van der Waals surface area contributed by atoms with E-state index < -0.39 is 0 Å². The molecule has 6 heteroatoms. The third-order valence-corrected chi connectivity index (χ3v) is 4.32. The van der Waals surface area contributed by atoms with E-state index in [4.69, 9.17) is 27.3 Å². The lowest BCUT2D eigenvalue weighted by molar-refractivity contribution is -0.0204. The fourth-order valence-corrected chi connectivity index (χ4v) is 3.57. The van der Waals surface area contributed by atoms with Crippen LogP contribution in [0.5, 0.6) is 0 Å². The van der Waals surface area contributed by atoms with Crippen LogP contribution < -0.4 is 5.73 Å². The molecule has 1 aromatic heterocycles. The lowest BCUT2D eigenvalue weighted by Gasteiger charge is -2.37. The normalized spacial score (nSPS) is 24.4. The van der Waals surface area contributed by atoms with E-state index >= 15 is 0 Å². The Bertz CT molecular complexity index is 443. The summed E-state index contributed by atoms with van der Waals surface area (Å²) >= 11 is 7.53. The molecule has 0 bridgehead atoms. The number of hydrogen-bond donors (Lipinski definition) is 1. The van der Waals surface area contributed by atoms with Gasteiger partial charge in [-0.3, -0.25) is 4.90 Å². The van der Waals surface area contributed by atoms with Crippen LogP contribution in [-0.2, 0) is 4.74 Å². The van der Waals surface area contributed by atoms with Gasteiger partial charge in [0.15, 0.2) is 6.10 Å². The maximum atomic E-state index is 8.95. The Labute approximate surface area is 116 Å². The van der Waals surface area contributed by atoms with Gasteiger partial charge in [0, 0.05) is 24.0 Å². The summed E-state index contributed by atoms with van der Waals surface area (Å²) in [6.45, 7) is 3.94. The third kappa shape index (κ3) is 3.02. The average Bonchev–Trinajstić information content (AvgIpc) is 2.75. The number of nitriles is 1. The molecule has 0 aromatic carbocycles. The first-order valence-electron chi connectivity index (χ1n) is 5.88. The first-order valence-corrected chi connectivity index (χ1v) is 7.07. The van der Waals surface area contributed by atoms with E-state index in [9.17, 15) is 0 Å². The van der Waals surface area contributed by atoms with Crippen LogP contribution in [0, 0.1) is 11.3 Å². The third-order valence-electron chi connectivity index (χ3n) is 3.02. The summed E-state index contributed by atoms with van der Waals surface area (Å²) in [4.78, 5) is 3.36. The van der Waals surface area contributed by atoms with Gasteiger partial charge < -0.3 is 10.5 Å². The zero-order valence-corrected chi connectivity index (χ0v) is 11.7. The van der Waals surface area contributed by atoms with Gasteiger partial charge >= 0.3 is 0 Å². The van der Waals surface area contributed by atoms with Crippen LogP contribution in [0.2, 0.25) is 4.34 Å². The zero-order chi connectivity index (χ0) is 13.1. The summed E-state index contributed by atoms with van der Waals surface area (Å²) in [7, 11) is 0. The van der Waals surface area contributed by atoms with Crippen molar-refractivity contribution in [2.24, 2.45) is 5.73 Å².